The number of nitrogens with one attached hydrogen (secondary N) is 1. The van der Waals surface area contributed by atoms with E-state index >= 15 is 0 Å². The number of benzene rings is 1. The topological polar surface area (TPSA) is 88.2 Å². The van der Waals surface area contributed by atoms with Gasteiger partial charge in [0.05, 0.1) is 0 Å². The highest BCUT2D eigenvalue weighted by Gasteiger charge is 2.13. The van der Waals surface area contributed by atoms with Crippen LogP contribution in [0.4, 0.5) is 11.5 Å². The molecule has 0 aliphatic carbocycles. The average molecular weight is 271 g/mol. The van der Waals surface area contributed by atoms with Crippen molar-refractivity contribution in [2.24, 2.45) is 0 Å². The first kappa shape index (κ1) is 13.9. The van der Waals surface area contributed by atoms with Gasteiger partial charge in [-0.3, -0.25) is 4.79 Å². The van der Waals surface area contributed by atoms with Crippen LogP contribution in [0.25, 0.3) is 0 Å². The van der Waals surface area contributed by atoms with Crippen LogP contribution in [-0.4, -0.2) is 16.0 Å². The van der Waals surface area contributed by atoms with Crippen LogP contribution in [0.15, 0.2) is 42.6 Å². The van der Waals surface area contributed by atoms with Crippen LogP contribution in [0.5, 0.6) is 5.75 Å². The number of anilines is 2. The summed E-state index contributed by atoms with van der Waals surface area (Å²) in [7, 11) is 0. The summed E-state index contributed by atoms with van der Waals surface area (Å²) >= 11 is 0. The molecule has 0 aliphatic heterocycles. The maximum Gasteiger partial charge on any atom is 0.226 e. The number of nitrogens with zero attached hydrogens (tertiary/aromatic N) is 1. The number of pyridine rings is 1. The van der Waals surface area contributed by atoms with Crippen molar-refractivity contribution in [2.75, 3.05) is 11.1 Å². The molecule has 4 N–H and O–H groups in total. The monoisotopic (exact) mass is 271 g/mol. The van der Waals surface area contributed by atoms with Crippen molar-refractivity contribution >= 4 is 17.4 Å². The Labute approximate surface area is 117 Å². The zero-order valence-electron chi connectivity index (χ0n) is 11.2. The minimum absolute atomic E-state index is 0.0408. The molecule has 104 valence electrons. The molecular weight excluding hydrogens is 254 g/mol. The van der Waals surface area contributed by atoms with Gasteiger partial charge < -0.3 is 16.2 Å². The van der Waals surface area contributed by atoms with Crippen molar-refractivity contribution < 1.29 is 9.90 Å². The summed E-state index contributed by atoms with van der Waals surface area (Å²) in [5.74, 6) is 0.00720. The van der Waals surface area contributed by atoms with E-state index in [1.807, 2.05) is 31.2 Å². The Hall–Kier alpha value is -2.56. The summed E-state index contributed by atoms with van der Waals surface area (Å²) in [6.07, 6.45) is 1.82. The van der Waals surface area contributed by atoms with Crippen LogP contribution in [-0.2, 0) is 4.79 Å². The Morgan fingerprint density at radius 2 is 2.05 bits per heavy atom. The van der Waals surface area contributed by atoms with Gasteiger partial charge in [-0.05, 0) is 35.7 Å². The number of rotatable bonds is 4. The Kier molecular flexibility index (Phi) is 4.20. The molecule has 0 bridgehead atoms. The molecule has 5 nitrogen and oxygen atoms in total. The Morgan fingerprint density at radius 1 is 1.35 bits per heavy atom. The summed E-state index contributed by atoms with van der Waals surface area (Å²) in [5.41, 5.74) is 7.37. The lowest BCUT2D eigenvalue weighted by Gasteiger charge is -2.12. The molecule has 0 fully saturated rings. The second kappa shape index (κ2) is 6.06. The number of carbonyl (C=O) groups excluding carboxylic acids is 1. The molecule has 2 rings (SSSR count). The van der Waals surface area contributed by atoms with Crippen molar-refractivity contribution in [3.05, 3.63) is 48.2 Å². The fraction of sp³-hybridized carbons (Fsp3) is 0.200. The molecule has 0 saturated heterocycles. The summed E-state index contributed by atoms with van der Waals surface area (Å²) < 4.78 is 0. The highest BCUT2D eigenvalue weighted by atomic mass is 16.3. The van der Waals surface area contributed by atoms with Gasteiger partial charge in [-0.15, -0.1) is 0 Å². The Morgan fingerprint density at radius 3 is 2.70 bits per heavy atom. The predicted octanol–water partition coefficient (Wildman–Crippen LogP) is 2.50. The van der Waals surface area contributed by atoms with Gasteiger partial charge in [0.1, 0.15) is 0 Å². The van der Waals surface area contributed by atoms with Gasteiger partial charge in [-0.2, -0.15) is 0 Å². The van der Waals surface area contributed by atoms with Crippen molar-refractivity contribution in [1.29, 1.82) is 0 Å². The SMILES string of the molecule is CC(CC(=O)Nc1ncccc1O)c1ccc(N)cc1. The van der Waals surface area contributed by atoms with E-state index in [1.54, 1.807) is 6.07 Å². The minimum atomic E-state index is -0.191. The third-order valence-electron chi connectivity index (χ3n) is 3.04. The van der Waals surface area contributed by atoms with Gasteiger partial charge >= 0.3 is 0 Å². The largest absolute Gasteiger partial charge is 0.504 e. The maximum atomic E-state index is 11.9. The van der Waals surface area contributed by atoms with E-state index in [0.29, 0.717) is 12.1 Å². The van der Waals surface area contributed by atoms with E-state index < -0.39 is 0 Å². The van der Waals surface area contributed by atoms with Crippen LogP contribution in [0, 0.1) is 0 Å². The number of nitrogen functional groups attached to an aromatic ring is 1. The van der Waals surface area contributed by atoms with Gasteiger partial charge in [-0.1, -0.05) is 19.1 Å². The molecule has 0 radical (unpaired) electrons. The molecular formula is C15H17N3O2. The first-order valence-electron chi connectivity index (χ1n) is 6.35. The standard InChI is InChI=1S/C15H17N3O2/c1-10(11-4-6-12(16)7-5-11)9-14(20)18-15-13(19)3-2-8-17-15/h2-8,10,19H,9,16H2,1H3,(H,17,18,20). The molecule has 20 heavy (non-hydrogen) atoms. The zero-order valence-corrected chi connectivity index (χ0v) is 11.2. The first-order valence-corrected chi connectivity index (χ1v) is 6.35. The summed E-state index contributed by atoms with van der Waals surface area (Å²) in [6, 6.07) is 10.5. The molecule has 1 aromatic carbocycles. The van der Waals surface area contributed by atoms with Gasteiger partial charge in [0, 0.05) is 18.3 Å². The second-order valence-corrected chi connectivity index (χ2v) is 4.69. The number of nitrogens with two attached hydrogens (primary N) is 1. The van der Waals surface area contributed by atoms with Crippen molar-refractivity contribution in [3.63, 3.8) is 0 Å². The number of amides is 1. The van der Waals surface area contributed by atoms with E-state index in [-0.39, 0.29) is 23.4 Å². The van der Waals surface area contributed by atoms with Gasteiger partial charge in [0.2, 0.25) is 5.91 Å². The third-order valence-corrected chi connectivity index (χ3v) is 3.04. The average Bonchev–Trinajstić information content (AvgIpc) is 2.42. The minimum Gasteiger partial charge on any atom is -0.504 e. The lowest BCUT2D eigenvalue weighted by Crippen LogP contribution is -2.15. The normalized spacial score (nSPS) is 11.8. The summed E-state index contributed by atoms with van der Waals surface area (Å²) in [5, 5.41) is 12.1. The molecule has 1 amide bonds. The Bertz CT molecular complexity index is 596. The van der Waals surface area contributed by atoms with E-state index in [9.17, 15) is 9.90 Å². The molecule has 0 spiro atoms. The lowest BCUT2D eigenvalue weighted by atomic mass is 9.97. The molecule has 0 aliphatic rings. The smallest absolute Gasteiger partial charge is 0.226 e. The van der Waals surface area contributed by atoms with Gasteiger partial charge in [0.25, 0.3) is 0 Å². The highest BCUT2D eigenvalue weighted by molar-refractivity contribution is 5.91. The molecule has 5 heteroatoms. The van der Waals surface area contributed by atoms with Crippen molar-refractivity contribution in [1.82, 2.24) is 4.98 Å². The van der Waals surface area contributed by atoms with E-state index in [4.69, 9.17) is 5.73 Å². The summed E-state index contributed by atoms with van der Waals surface area (Å²) in [4.78, 5) is 15.8. The van der Waals surface area contributed by atoms with Gasteiger partial charge in [0.15, 0.2) is 11.6 Å². The zero-order chi connectivity index (χ0) is 14.5. The second-order valence-electron chi connectivity index (χ2n) is 4.69. The molecule has 0 saturated carbocycles. The fourth-order valence-corrected chi connectivity index (χ4v) is 1.90. The van der Waals surface area contributed by atoms with Crippen molar-refractivity contribution in [2.45, 2.75) is 19.3 Å². The number of carbonyl (C=O) groups is 1. The van der Waals surface area contributed by atoms with Crippen LogP contribution in [0.2, 0.25) is 0 Å². The van der Waals surface area contributed by atoms with Crippen molar-refractivity contribution in [3.8, 4) is 5.75 Å². The van der Waals surface area contributed by atoms with Gasteiger partial charge in [-0.25, -0.2) is 4.98 Å². The molecule has 1 unspecified atom stereocenters. The van der Waals surface area contributed by atoms with E-state index in [2.05, 4.69) is 10.3 Å². The predicted molar refractivity (Wildman–Crippen MR) is 78.4 cm³/mol. The van der Waals surface area contributed by atoms with Crippen LogP contribution >= 0.6 is 0 Å². The fourth-order valence-electron chi connectivity index (χ4n) is 1.90. The van der Waals surface area contributed by atoms with E-state index in [0.717, 1.165) is 5.56 Å². The van der Waals surface area contributed by atoms with E-state index in [1.165, 1.54) is 12.3 Å². The highest BCUT2D eigenvalue weighted by Crippen LogP contribution is 2.22. The lowest BCUT2D eigenvalue weighted by molar-refractivity contribution is -0.116. The van der Waals surface area contributed by atoms with Crippen LogP contribution in [0.3, 0.4) is 0 Å². The van der Waals surface area contributed by atoms with Crippen LogP contribution < -0.4 is 11.1 Å². The number of hydrogen-bond donors (Lipinski definition) is 3. The molecule has 1 atom stereocenters. The molecule has 1 heterocycles. The first-order chi connectivity index (χ1) is 9.56. The summed E-state index contributed by atoms with van der Waals surface area (Å²) in [6.45, 7) is 1.96. The molecule has 1 aromatic heterocycles. The van der Waals surface area contributed by atoms with Crippen LogP contribution in [0.1, 0.15) is 24.8 Å². The third kappa shape index (κ3) is 3.47. The quantitative estimate of drug-likeness (QED) is 0.745. The maximum absolute atomic E-state index is 11.9. The number of aromatic hydroxyl groups is 1. The number of hydrogen-bond acceptors (Lipinski definition) is 4. The Balaban J connectivity index is 1.98. The molecule has 2 aromatic rings. The number of aromatic nitrogens is 1.